The Morgan fingerprint density at radius 3 is 2.57 bits per heavy atom. The number of amides is 1. The third-order valence-corrected chi connectivity index (χ3v) is 10.6. The summed E-state index contributed by atoms with van der Waals surface area (Å²) >= 11 is 8.63. The molecule has 0 spiro atoms. The molecule has 1 amide bonds. The zero-order valence-corrected chi connectivity index (χ0v) is 27.5. The van der Waals surface area contributed by atoms with Crippen LogP contribution in [0.15, 0.2) is 71.4 Å². The van der Waals surface area contributed by atoms with Gasteiger partial charge in [0, 0.05) is 27.7 Å². The Morgan fingerprint density at radius 2 is 1.87 bits per heavy atom. The Hall–Kier alpha value is -4.31. The van der Waals surface area contributed by atoms with Crippen molar-refractivity contribution in [2.45, 2.75) is 45.8 Å². The normalized spacial score (nSPS) is 16.5. The number of aromatic nitrogens is 1. The number of halogens is 1. The van der Waals surface area contributed by atoms with Crippen LogP contribution in [-0.2, 0) is 17.9 Å². The minimum Gasteiger partial charge on any atom is -0.504 e. The molecule has 1 unspecified atom stereocenters. The molecule has 7 rings (SSSR count). The van der Waals surface area contributed by atoms with Gasteiger partial charge in [-0.15, -0.1) is 11.3 Å². The Balaban J connectivity index is 1.35. The van der Waals surface area contributed by atoms with Gasteiger partial charge >= 0.3 is 0 Å². The van der Waals surface area contributed by atoms with Crippen molar-refractivity contribution in [3.8, 4) is 11.5 Å². The standard InChI is InChI=1S/C36H35ClN4O4S/c1-21-34(22(2)45-39-21)38-36(43)28-19-41(20-32-33(37)25-8-4-5-9-31(25)46-32)35(27-17-30(44-3)29(42)16-26(27)28)24-12-10-23(11-13-24)18-40-14-6-7-15-40/h4-5,8-13,16-17,19,35,42H,6-7,14-15,18,20H2,1-3H3,(H,38,43). The lowest BCUT2D eigenvalue weighted by Crippen LogP contribution is -2.31. The van der Waals surface area contributed by atoms with Crippen LogP contribution in [0.1, 0.15) is 57.5 Å². The maximum atomic E-state index is 14.0. The number of phenolic OH excluding ortho intramolecular Hbond substituents is 1. The van der Waals surface area contributed by atoms with E-state index in [2.05, 4.69) is 50.6 Å². The zero-order chi connectivity index (χ0) is 31.9. The van der Waals surface area contributed by atoms with Crippen molar-refractivity contribution in [1.82, 2.24) is 15.0 Å². The molecule has 4 heterocycles. The van der Waals surface area contributed by atoms with E-state index in [0.29, 0.717) is 45.6 Å². The second kappa shape index (κ2) is 12.5. The number of fused-ring (bicyclic) bond motifs is 2. The number of phenols is 1. The number of anilines is 1. The molecule has 1 saturated heterocycles. The second-order valence-corrected chi connectivity index (χ2v) is 13.5. The Labute approximate surface area is 276 Å². The number of thiophene rings is 1. The highest BCUT2D eigenvalue weighted by molar-refractivity contribution is 7.19. The van der Waals surface area contributed by atoms with E-state index >= 15 is 0 Å². The first-order valence-corrected chi connectivity index (χ1v) is 16.6. The summed E-state index contributed by atoms with van der Waals surface area (Å²) in [5, 5.41) is 19.6. The lowest BCUT2D eigenvalue weighted by atomic mass is 9.86. The van der Waals surface area contributed by atoms with Gasteiger partial charge in [0.05, 0.1) is 30.3 Å². The number of nitrogens with one attached hydrogen (secondary N) is 1. The fourth-order valence-electron chi connectivity index (χ4n) is 6.56. The Kier molecular flexibility index (Phi) is 8.23. The van der Waals surface area contributed by atoms with Crippen molar-refractivity contribution in [1.29, 1.82) is 0 Å². The van der Waals surface area contributed by atoms with Crippen molar-refractivity contribution in [2.24, 2.45) is 0 Å². The van der Waals surface area contributed by atoms with Gasteiger partial charge in [-0.25, -0.2) is 0 Å². The SMILES string of the molecule is COc1cc2c(cc1O)C(C(=O)Nc1c(C)noc1C)=CN(Cc1sc3ccccc3c1Cl)C2c1ccc(CN2CCCC2)cc1. The van der Waals surface area contributed by atoms with Gasteiger partial charge in [-0.1, -0.05) is 59.2 Å². The van der Waals surface area contributed by atoms with E-state index in [1.807, 2.05) is 30.5 Å². The summed E-state index contributed by atoms with van der Waals surface area (Å²) in [7, 11) is 1.53. The number of ether oxygens (including phenoxy) is 1. The molecule has 2 aromatic heterocycles. The molecule has 2 aliphatic rings. The number of carbonyl (C=O) groups excluding carboxylic acids is 1. The summed E-state index contributed by atoms with van der Waals surface area (Å²) in [6.45, 7) is 7.20. The van der Waals surface area contributed by atoms with Gasteiger partial charge in [-0.05, 0) is 80.2 Å². The van der Waals surface area contributed by atoms with Gasteiger partial charge in [-0.2, -0.15) is 0 Å². The third-order valence-electron chi connectivity index (χ3n) is 8.91. The lowest BCUT2D eigenvalue weighted by molar-refractivity contribution is -0.111. The molecule has 1 fully saturated rings. The average Bonchev–Trinajstić information content (AvgIpc) is 3.77. The summed E-state index contributed by atoms with van der Waals surface area (Å²) in [6.07, 6.45) is 4.38. The number of aromatic hydroxyl groups is 1. The molecule has 1 atom stereocenters. The highest BCUT2D eigenvalue weighted by Gasteiger charge is 2.34. The van der Waals surface area contributed by atoms with E-state index < -0.39 is 0 Å². The minimum atomic E-state index is -0.341. The average molecular weight is 655 g/mol. The number of hydrogen-bond acceptors (Lipinski definition) is 8. The van der Waals surface area contributed by atoms with Crippen molar-refractivity contribution in [2.75, 3.05) is 25.5 Å². The molecule has 46 heavy (non-hydrogen) atoms. The molecule has 5 aromatic rings. The number of likely N-dealkylation sites (tertiary alicyclic amines) is 1. The molecular formula is C36H35ClN4O4S. The van der Waals surface area contributed by atoms with E-state index in [0.717, 1.165) is 45.7 Å². The van der Waals surface area contributed by atoms with Gasteiger partial charge in [0.2, 0.25) is 0 Å². The Bertz CT molecular complexity index is 1940. The van der Waals surface area contributed by atoms with Crippen LogP contribution in [0.3, 0.4) is 0 Å². The first kappa shape index (κ1) is 30.3. The number of carbonyl (C=O) groups is 1. The monoisotopic (exact) mass is 654 g/mol. The van der Waals surface area contributed by atoms with Gasteiger partial charge in [0.15, 0.2) is 17.3 Å². The van der Waals surface area contributed by atoms with Crippen molar-refractivity contribution in [3.05, 3.63) is 110 Å². The molecule has 8 nitrogen and oxygen atoms in total. The van der Waals surface area contributed by atoms with Crippen molar-refractivity contribution < 1.29 is 19.2 Å². The summed E-state index contributed by atoms with van der Waals surface area (Å²) < 4.78 is 12.0. The summed E-state index contributed by atoms with van der Waals surface area (Å²) in [5.74, 6) is 0.465. The van der Waals surface area contributed by atoms with Gasteiger partial charge in [0.25, 0.3) is 5.91 Å². The van der Waals surface area contributed by atoms with E-state index in [1.54, 1.807) is 31.3 Å². The van der Waals surface area contributed by atoms with Gasteiger partial charge in [-0.3, -0.25) is 9.69 Å². The van der Waals surface area contributed by atoms with Crippen LogP contribution in [0.4, 0.5) is 5.69 Å². The highest BCUT2D eigenvalue weighted by atomic mass is 35.5. The first-order chi connectivity index (χ1) is 22.3. The van der Waals surface area contributed by atoms with Gasteiger partial charge in [0.1, 0.15) is 11.4 Å². The zero-order valence-electron chi connectivity index (χ0n) is 26.0. The molecule has 0 radical (unpaired) electrons. The minimum absolute atomic E-state index is 0.0435. The Morgan fingerprint density at radius 1 is 1.11 bits per heavy atom. The number of methoxy groups -OCH3 is 1. The summed E-state index contributed by atoms with van der Waals surface area (Å²) in [6, 6.07) is 20.0. The van der Waals surface area contributed by atoms with Crippen LogP contribution in [0.5, 0.6) is 11.5 Å². The summed E-state index contributed by atoms with van der Waals surface area (Å²) in [4.78, 5) is 19.7. The van der Waals surface area contributed by atoms with E-state index in [1.165, 1.54) is 25.5 Å². The van der Waals surface area contributed by atoms with Crippen LogP contribution < -0.4 is 10.1 Å². The predicted octanol–water partition coefficient (Wildman–Crippen LogP) is 8.05. The van der Waals surface area contributed by atoms with E-state index in [4.69, 9.17) is 20.9 Å². The van der Waals surface area contributed by atoms with Crippen molar-refractivity contribution in [3.63, 3.8) is 0 Å². The van der Waals surface area contributed by atoms with Crippen LogP contribution in [0.25, 0.3) is 15.7 Å². The smallest absolute Gasteiger partial charge is 0.257 e. The van der Waals surface area contributed by atoms with E-state index in [9.17, 15) is 9.90 Å². The fraction of sp³-hybridized carbons (Fsp3) is 0.278. The predicted molar refractivity (Wildman–Crippen MR) is 182 cm³/mol. The number of nitrogens with zero attached hydrogens (tertiary/aromatic N) is 3. The first-order valence-electron chi connectivity index (χ1n) is 15.4. The number of hydrogen-bond donors (Lipinski definition) is 2. The molecular weight excluding hydrogens is 620 g/mol. The molecule has 2 aliphatic heterocycles. The quantitative estimate of drug-likeness (QED) is 0.175. The third kappa shape index (κ3) is 5.63. The highest BCUT2D eigenvalue weighted by Crippen LogP contribution is 2.46. The lowest BCUT2D eigenvalue weighted by Gasteiger charge is -2.37. The largest absolute Gasteiger partial charge is 0.504 e. The van der Waals surface area contributed by atoms with E-state index in [-0.39, 0.29) is 17.7 Å². The van der Waals surface area contributed by atoms with Gasteiger partial charge < -0.3 is 24.6 Å². The topological polar surface area (TPSA) is 91.1 Å². The molecule has 0 aliphatic carbocycles. The van der Waals surface area contributed by atoms with Crippen LogP contribution >= 0.6 is 22.9 Å². The summed E-state index contributed by atoms with van der Waals surface area (Å²) in [5.41, 5.74) is 5.28. The molecule has 0 saturated carbocycles. The number of aryl methyl sites for hydroxylation is 2. The number of rotatable bonds is 8. The van der Waals surface area contributed by atoms with Crippen LogP contribution in [0, 0.1) is 13.8 Å². The molecule has 2 N–H and O–H groups in total. The molecule has 0 bridgehead atoms. The van der Waals surface area contributed by atoms with Crippen LogP contribution in [0.2, 0.25) is 5.02 Å². The maximum Gasteiger partial charge on any atom is 0.257 e. The maximum absolute atomic E-state index is 14.0. The molecule has 3 aromatic carbocycles. The molecule has 236 valence electrons. The second-order valence-electron chi connectivity index (χ2n) is 11.9. The number of benzene rings is 3. The van der Waals surface area contributed by atoms with Crippen LogP contribution in [-0.4, -0.2) is 46.2 Å². The molecule has 10 heteroatoms. The fourth-order valence-corrected chi connectivity index (χ4v) is 8.06. The van der Waals surface area contributed by atoms with Crippen molar-refractivity contribution >= 4 is 50.2 Å².